The Labute approximate surface area is 164 Å². The van der Waals surface area contributed by atoms with E-state index < -0.39 is 11.9 Å². The molecule has 0 bridgehead atoms. The van der Waals surface area contributed by atoms with E-state index in [4.69, 9.17) is 23.2 Å². The lowest BCUT2D eigenvalue weighted by Crippen LogP contribution is -2.30. The van der Waals surface area contributed by atoms with Crippen molar-refractivity contribution in [3.63, 3.8) is 0 Å². The number of aromatic nitrogens is 2. The lowest BCUT2D eigenvalue weighted by Gasteiger charge is -2.17. The molecule has 0 saturated carbocycles. The molecule has 1 atom stereocenters. The van der Waals surface area contributed by atoms with Gasteiger partial charge in [-0.3, -0.25) is 9.59 Å². The first-order chi connectivity index (χ1) is 12.8. The second-order valence-corrected chi connectivity index (χ2v) is 6.99. The molecule has 5 nitrogen and oxygen atoms in total. The highest BCUT2D eigenvalue weighted by molar-refractivity contribution is 6.35. The Hall–Kier alpha value is -2.44. The maximum Gasteiger partial charge on any atom is 0.274 e. The van der Waals surface area contributed by atoms with Crippen LogP contribution in [-0.2, 0) is 18.3 Å². The first kappa shape index (κ1) is 19.3. The molecule has 0 saturated heterocycles. The molecule has 0 radical (unpaired) electrons. The van der Waals surface area contributed by atoms with E-state index in [-0.39, 0.29) is 27.9 Å². The number of hydrogen-bond donors (Lipinski definition) is 1. The van der Waals surface area contributed by atoms with E-state index in [9.17, 15) is 14.0 Å². The maximum absolute atomic E-state index is 13.7. The minimum Gasteiger partial charge on any atom is -0.349 e. The normalized spacial score (nSPS) is 12.2. The van der Waals surface area contributed by atoms with Crippen LogP contribution in [0.5, 0.6) is 0 Å². The van der Waals surface area contributed by atoms with Crippen molar-refractivity contribution < 1.29 is 9.18 Å². The van der Waals surface area contributed by atoms with Crippen LogP contribution in [0.25, 0.3) is 10.8 Å². The lowest BCUT2D eigenvalue weighted by atomic mass is 10.1. The fourth-order valence-electron chi connectivity index (χ4n) is 2.90. The van der Waals surface area contributed by atoms with Gasteiger partial charge in [0, 0.05) is 17.5 Å². The molecule has 1 amide bonds. The summed E-state index contributed by atoms with van der Waals surface area (Å²) in [4.78, 5) is 24.7. The van der Waals surface area contributed by atoms with E-state index in [2.05, 4.69) is 10.4 Å². The predicted molar refractivity (Wildman–Crippen MR) is 104 cm³/mol. The molecular weight excluding hydrogens is 392 g/mol. The first-order valence-corrected chi connectivity index (χ1v) is 8.92. The molecule has 3 aromatic rings. The molecule has 0 aliphatic rings. The number of nitrogens with one attached hydrogen (secondary N) is 1. The smallest absolute Gasteiger partial charge is 0.274 e. The molecule has 0 fully saturated rings. The molecule has 1 aromatic heterocycles. The van der Waals surface area contributed by atoms with Crippen LogP contribution in [0, 0.1) is 5.82 Å². The topological polar surface area (TPSA) is 64.0 Å². The molecule has 1 N–H and O–H groups in total. The summed E-state index contributed by atoms with van der Waals surface area (Å²) in [7, 11) is 1.54. The van der Waals surface area contributed by atoms with Crippen LogP contribution in [0.2, 0.25) is 10.0 Å². The number of halogens is 3. The number of benzene rings is 2. The summed E-state index contributed by atoms with van der Waals surface area (Å²) in [5.74, 6) is -0.937. The second kappa shape index (κ2) is 7.66. The Bertz CT molecular complexity index is 1100. The third-order valence-electron chi connectivity index (χ3n) is 4.24. The predicted octanol–water partition coefficient (Wildman–Crippen LogP) is 3.80. The average molecular weight is 408 g/mol. The standard InChI is InChI=1S/C19H16Cl2FN3O2/c1-10(13-7-16(22)15(21)8-14(13)20)23-18(26)9-17-11-5-3-4-6-12(11)19(27)25(2)24-17/h3-8,10H,9H2,1-2H3,(H,23,26)/t10-/m0/s1. The summed E-state index contributed by atoms with van der Waals surface area (Å²) in [5, 5.41) is 8.28. The average Bonchev–Trinajstić information content (AvgIpc) is 2.62. The Morgan fingerprint density at radius 1 is 1.22 bits per heavy atom. The molecule has 2 aromatic carbocycles. The van der Waals surface area contributed by atoms with Crippen LogP contribution in [-0.4, -0.2) is 15.7 Å². The molecule has 3 rings (SSSR count). The van der Waals surface area contributed by atoms with E-state index in [0.717, 1.165) is 0 Å². The quantitative estimate of drug-likeness (QED) is 0.668. The van der Waals surface area contributed by atoms with Crippen LogP contribution in [0.3, 0.4) is 0 Å². The van der Waals surface area contributed by atoms with Crippen molar-refractivity contribution in [3.8, 4) is 0 Å². The number of carbonyl (C=O) groups is 1. The zero-order valence-electron chi connectivity index (χ0n) is 14.6. The minimum atomic E-state index is -0.608. The van der Waals surface area contributed by atoms with Gasteiger partial charge in [0.25, 0.3) is 5.56 Å². The minimum absolute atomic E-state index is 0.0351. The third kappa shape index (κ3) is 3.96. The number of aryl methyl sites for hydroxylation is 1. The maximum atomic E-state index is 13.7. The molecule has 140 valence electrons. The molecular formula is C19H16Cl2FN3O2. The van der Waals surface area contributed by atoms with E-state index in [1.807, 2.05) is 0 Å². The van der Waals surface area contributed by atoms with Gasteiger partial charge in [0.2, 0.25) is 5.91 Å². The summed E-state index contributed by atoms with van der Waals surface area (Å²) in [6.45, 7) is 1.69. The van der Waals surface area contributed by atoms with Crippen LogP contribution >= 0.6 is 23.2 Å². The summed E-state index contributed by atoms with van der Waals surface area (Å²) >= 11 is 11.8. The Morgan fingerprint density at radius 3 is 2.59 bits per heavy atom. The molecule has 0 aliphatic carbocycles. The molecule has 27 heavy (non-hydrogen) atoms. The summed E-state index contributed by atoms with van der Waals surface area (Å²) in [6, 6.07) is 8.96. The van der Waals surface area contributed by atoms with Gasteiger partial charge in [0.15, 0.2) is 0 Å². The summed E-state index contributed by atoms with van der Waals surface area (Å²) in [5.41, 5.74) is 0.669. The van der Waals surface area contributed by atoms with E-state index in [1.165, 1.54) is 23.9 Å². The second-order valence-electron chi connectivity index (χ2n) is 6.17. The fraction of sp³-hybridized carbons (Fsp3) is 0.211. The van der Waals surface area contributed by atoms with Gasteiger partial charge in [-0.25, -0.2) is 9.07 Å². The van der Waals surface area contributed by atoms with Crippen LogP contribution in [0.4, 0.5) is 4.39 Å². The van der Waals surface area contributed by atoms with Gasteiger partial charge in [0.1, 0.15) is 5.82 Å². The molecule has 0 unspecified atom stereocenters. The van der Waals surface area contributed by atoms with Crippen molar-refractivity contribution in [2.24, 2.45) is 7.05 Å². The molecule has 8 heteroatoms. The lowest BCUT2D eigenvalue weighted by molar-refractivity contribution is -0.121. The van der Waals surface area contributed by atoms with Gasteiger partial charge < -0.3 is 5.32 Å². The fourth-order valence-corrected chi connectivity index (χ4v) is 3.45. The van der Waals surface area contributed by atoms with Crippen LogP contribution < -0.4 is 10.9 Å². The van der Waals surface area contributed by atoms with Gasteiger partial charge in [-0.15, -0.1) is 0 Å². The van der Waals surface area contributed by atoms with E-state index >= 15 is 0 Å². The van der Waals surface area contributed by atoms with Crippen molar-refractivity contribution >= 4 is 39.9 Å². The zero-order chi connectivity index (χ0) is 19.7. The van der Waals surface area contributed by atoms with Crippen molar-refractivity contribution in [2.75, 3.05) is 0 Å². The van der Waals surface area contributed by atoms with Gasteiger partial charge in [0.05, 0.1) is 28.6 Å². The zero-order valence-corrected chi connectivity index (χ0v) is 16.1. The highest BCUT2D eigenvalue weighted by atomic mass is 35.5. The van der Waals surface area contributed by atoms with Crippen molar-refractivity contribution in [1.82, 2.24) is 15.1 Å². The van der Waals surface area contributed by atoms with Gasteiger partial charge >= 0.3 is 0 Å². The first-order valence-electron chi connectivity index (χ1n) is 8.16. The van der Waals surface area contributed by atoms with Crippen molar-refractivity contribution in [2.45, 2.75) is 19.4 Å². The third-order valence-corrected chi connectivity index (χ3v) is 4.86. The highest BCUT2D eigenvalue weighted by Gasteiger charge is 2.17. The van der Waals surface area contributed by atoms with Gasteiger partial charge in [-0.1, -0.05) is 41.4 Å². The van der Waals surface area contributed by atoms with Gasteiger partial charge in [-0.2, -0.15) is 5.10 Å². The number of rotatable bonds is 4. The van der Waals surface area contributed by atoms with Gasteiger partial charge in [-0.05, 0) is 30.7 Å². The number of fused-ring (bicyclic) bond motifs is 1. The molecule has 0 spiro atoms. The Morgan fingerprint density at radius 2 is 1.89 bits per heavy atom. The summed E-state index contributed by atoms with van der Waals surface area (Å²) in [6.07, 6.45) is -0.0351. The molecule has 0 aliphatic heterocycles. The monoisotopic (exact) mass is 407 g/mol. The van der Waals surface area contributed by atoms with E-state index in [1.54, 1.807) is 31.2 Å². The summed E-state index contributed by atoms with van der Waals surface area (Å²) < 4.78 is 14.9. The number of nitrogens with zero attached hydrogens (tertiary/aromatic N) is 2. The van der Waals surface area contributed by atoms with Crippen molar-refractivity contribution in [1.29, 1.82) is 0 Å². The molecule has 1 heterocycles. The Kier molecular flexibility index (Phi) is 5.48. The van der Waals surface area contributed by atoms with Crippen molar-refractivity contribution in [3.05, 3.63) is 73.9 Å². The highest BCUT2D eigenvalue weighted by Crippen LogP contribution is 2.28. The number of carbonyl (C=O) groups excluding carboxylic acids is 1. The van der Waals surface area contributed by atoms with Crippen LogP contribution in [0.1, 0.15) is 24.2 Å². The largest absolute Gasteiger partial charge is 0.349 e. The van der Waals surface area contributed by atoms with E-state index in [0.29, 0.717) is 22.0 Å². The number of amides is 1. The number of hydrogen-bond acceptors (Lipinski definition) is 3. The Balaban J connectivity index is 1.85. The SMILES string of the molecule is C[C@H](NC(=O)Cc1nn(C)c(=O)c2ccccc12)c1cc(F)c(Cl)cc1Cl. The van der Waals surface area contributed by atoms with Crippen LogP contribution in [0.15, 0.2) is 41.2 Å².